The van der Waals surface area contributed by atoms with E-state index < -0.39 is 5.25 Å². The van der Waals surface area contributed by atoms with Crippen LogP contribution in [0.15, 0.2) is 89.9 Å². The predicted octanol–water partition coefficient (Wildman–Crippen LogP) is 4.92. The summed E-state index contributed by atoms with van der Waals surface area (Å²) in [5.41, 5.74) is 3.25. The number of amidine groups is 1. The number of rotatable bonds is 6. The third-order valence-corrected chi connectivity index (χ3v) is 6.11. The second-order valence-electron chi connectivity index (χ2n) is 7.54. The zero-order chi connectivity index (χ0) is 22.5. The highest BCUT2D eigenvalue weighted by molar-refractivity contribution is 8.16. The van der Waals surface area contributed by atoms with E-state index in [2.05, 4.69) is 10.3 Å². The first kappa shape index (κ1) is 21.6. The van der Waals surface area contributed by atoms with Gasteiger partial charge in [0.25, 0.3) is 0 Å². The molecular formula is C25H24N4O2S. The summed E-state index contributed by atoms with van der Waals surface area (Å²) in [6, 6.07) is 26.5. The Morgan fingerprint density at radius 2 is 1.59 bits per heavy atom. The number of nitrogens with one attached hydrogen (secondary N) is 1. The van der Waals surface area contributed by atoms with Crippen molar-refractivity contribution in [1.29, 1.82) is 0 Å². The average molecular weight is 445 g/mol. The minimum atomic E-state index is -0.543. The molecule has 1 fully saturated rings. The molecule has 1 atom stereocenters. The summed E-state index contributed by atoms with van der Waals surface area (Å²) in [6.45, 7) is 0. The highest BCUT2D eigenvalue weighted by Gasteiger charge is 2.40. The molecule has 0 radical (unpaired) electrons. The van der Waals surface area contributed by atoms with Gasteiger partial charge < -0.3 is 10.2 Å². The number of carbonyl (C=O) groups excluding carboxylic acids is 2. The molecule has 3 aromatic carbocycles. The molecule has 0 saturated carbocycles. The lowest BCUT2D eigenvalue weighted by molar-refractivity contribution is -0.121. The molecule has 32 heavy (non-hydrogen) atoms. The van der Waals surface area contributed by atoms with E-state index >= 15 is 0 Å². The monoisotopic (exact) mass is 444 g/mol. The summed E-state index contributed by atoms with van der Waals surface area (Å²) in [7, 11) is 3.92. The molecule has 0 unspecified atom stereocenters. The van der Waals surface area contributed by atoms with Gasteiger partial charge in [-0.25, -0.2) is 4.99 Å². The molecule has 162 valence electrons. The largest absolute Gasteiger partial charge is 0.378 e. The highest BCUT2D eigenvalue weighted by Crippen LogP contribution is 2.35. The highest BCUT2D eigenvalue weighted by atomic mass is 32.2. The molecule has 6 nitrogen and oxygen atoms in total. The molecule has 1 saturated heterocycles. The first-order valence-corrected chi connectivity index (χ1v) is 11.2. The van der Waals surface area contributed by atoms with Crippen LogP contribution in [0.1, 0.15) is 6.42 Å². The van der Waals surface area contributed by atoms with E-state index in [1.54, 1.807) is 4.90 Å². The number of nitrogens with zero attached hydrogens (tertiary/aromatic N) is 3. The molecule has 1 heterocycles. The van der Waals surface area contributed by atoms with Crippen LogP contribution in [0.25, 0.3) is 0 Å². The first-order chi connectivity index (χ1) is 15.5. The SMILES string of the molecule is CN(C)c1ccc(NC(=O)C[C@H]2SC(=Nc3ccccc3)N(c3ccccc3)C2=O)cc1. The van der Waals surface area contributed by atoms with Crippen LogP contribution in [0, 0.1) is 0 Å². The molecule has 1 aliphatic rings. The Hall–Kier alpha value is -3.58. The van der Waals surface area contributed by atoms with Crippen molar-refractivity contribution in [3.05, 3.63) is 84.9 Å². The maximum absolute atomic E-state index is 13.3. The van der Waals surface area contributed by atoms with E-state index in [0.29, 0.717) is 10.9 Å². The van der Waals surface area contributed by atoms with Gasteiger partial charge in [0.15, 0.2) is 5.17 Å². The molecule has 7 heteroatoms. The number of carbonyl (C=O) groups is 2. The molecule has 1 aliphatic heterocycles. The third kappa shape index (κ3) is 5.00. The van der Waals surface area contributed by atoms with Gasteiger partial charge in [0.1, 0.15) is 5.25 Å². The van der Waals surface area contributed by atoms with Gasteiger partial charge in [-0.05, 0) is 48.5 Å². The fourth-order valence-corrected chi connectivity index (χ4v) is 4.48. The second kappa shape index (κ2) is 9.70. The van der Waals surface area contributed by atoms with Crippen molar-refractivity contribution < 1.29 is 9.59 Å². The summed E-state index contributed by atoms with van der Waals surface area (Å²) in [5, 5.41) is 2.92. The van der Waals surface area contributed by atoms with E-state index in [4.69, 9.17) is 0 Å². The van der Waals surface area contributed by atoms with E-state index in [-0.39, 0.29) is 18.2 Å². The minimum absolute atomic E-state index is 0.0656. The van der Waals surface area contributed by atoms with Crippen LogP contribution in [0.2, 0.25) is 0 Å². The lowest BCUT2D eigenvalue weighted by Gasteiger charge is -2.16. The fraction of sp³-hybridized carbons (Fsp3) is 0.160. The quantitative estimate of drug-likeness (QED) is 0.586. The molecule has 0 bridgehead atoms. The number of para-hydroxylation sites is 2. The predicted molar refractivity (Wildman–Crippen MR) is 133 cm³/mol. The topological polar surface area (TPSA) is 65.0 Å². The molecule has 0 spiro atoms. The van der Waals surface area contributed by atoms with Crippen molar-refractivity contribution in [2.45, 2.75) is 11.7 Å². The van der Waals surface area contributed by atoms with Crippen LogP contribution in [0.3, 0.4) is 0 Å². The molecule has 0 aromatic heterocycles. The first-order valence-electron chi connectivity index (χ1n) is 10.3. The van der Waals surface area contributed by atoms with Crippen LogP contribution in [0.4, 0.5) is 22.7 Å². The van der Waals surface area contributed by atoms with Gasteiger partial charge in [-0.2, -0.15) is 0 Å². The lowest BCUT2D eigenvalue weighted by Crippen LogP contribution is -2.33. The van der Waals surface area contributed by atoms with E-state index in [9.17, 15) is 9.59 Å². The number of hydrogen-bond acceptors (Lipinski definition) is 5. The molecule has 3 aromatic rings. The second-order valence-corrected chi connectivity index (χ2v) is 8.71. The lowest BCUT2D eigenvalue weighted by atomic mass is 10.2. The van der Waals surface area contributed by atoms with Gasteiger partial charge in [0.2, 0.25) is 11.8 Å². The van der Waals surface area contributed by atoms with Gasteiger partial charge in [-0.3, -0.25) is 14.5 Å². The van der Waals surface area contributed by atoms with Crippen LogP contribution in [0.5, 0.6) is 0 Å². The Balaban J connectivity index is 1.52. The molecule has 0 aliphatic carbocycles. The zero-order valence-electron chi connectivity index (χ0n) is 17.9. The smallest absolute Gasteiger partial charge is 0.247 e. The Morgan fingerprint density at radius 1 is 0.969 bits per heavy atom. The van der Waals surface area contributed by atoms with Gasteiger partial charge in [0, 0.05) is 31.9 Å². The Bertz CT molecular complexity index is 1120. The van der Waals surface area contributed by atoms with Gasteiger partial charge >= 0.3 is 0 Å². The maximum atomic E-state index is 13.3. The van der Waals surface area contributed by atoms with Crippen LogP contribution in [-0.4, -0.2) is 36.3 Å². The van der Waals surface area contributed by atoms with Crippen molar-refractivity contribution in [2.75, 3.05) is 29.2 Å². The summed E-state index contributed by atoms with van der Waals surface area (Å²) in [6.07, 6.45) is 0.0656. The van der Waals surface area contributed by atoms with Crippen molar-refractivity contribution in [3.8, 4) is 0 Å². The number of amides is 2. The molecule has 2 amide bonds. The summed E-state index contributed by atoms with van der Waals surface area (Å²) < 4.78 is 0. The fourth-order valence-electron chi connectivity index (χ4n) is 3.32. The molecule has 4 rings (SSSR count). The number of benzene rings is 3. The van der Waals surface area contributed by atoms with E-state index in [0.717, 1.165) is 17.1 Å². The standard InChI is InChI=1S/C25H24N4O2S/c1-28(2)20-15-13-19(14-16-20)26-23(30)17-22-24(31)29(21-11-7-4-8-12-21)25(32-22)27-18-9-5-3-6-10-18/h3-16,22H,17H2,1-2H3,(H,26,30)/t22-/m1/s1. The van der Waals surface area contributed by atoms with Crippen molar-refractivity contribution >= 4 is 51.5 Å². The number of aliphatic imine (C=N–C) groups is 1. The maximum Gasteiger partial charge on any atom is 0.247 e. The summed E-state index contributed by atoms with van der Waals surface area (Å²) in [4.78, 5) is 34.2. The van der Waals surface area contributed by atoms with Gasteiger partial charge in [0.05, 0.1) is 11.4 Å². The normalized spacial score (nSPS) is 16.9. The van der Waals surface area contributed by atoms with Crippen LogP contribution >= 0.6 is 11.8 Å². The summed E-state index contributed by atoms with van der Waals surface area (Å²) in [5.74, 6) is -0.351. The summed E-state index contributed by atoms with van der Waals surface area (Å²) >= 11 is 1.32. The van der Waals surface area contributed by atoms with E-state index in [1.807, 2.05) is 104 Å². The molecular weight excluding hydrogens is 420 g/mol. The average Bonchev–Trinajstić information content (AvgIpc) is 3.09. The van der Waals surface area contributed by atoms with E-state index in [1.165, 1.54) is 11.8 Å². The number of anilines is 3. The van der Waals surface area contributed by atoms with Gasteiger partial charge in [-0.1, -0.05) is 48.2 Å². The van der Waals surface area contributed by atoms with Crippen molar-refractivity contribution in [1.82, 2.24) is 0 Å². The minimum Gasteiger partial charge on any atom is -0.378 e. The van der Waals surface area contributed by atoms with Crippen LogP contribution < -0.4 is 15.1 Å². The Kier molecular flexibility index (Phi) is 6.56. The van der Waals surface area contributed by atoms with Crippen molar-refractivity contribution in [3.63, 3.8) is 0 Å². The zero-order valence-corrected chi connectivity index (χ0v) is 18.8. The third-order valence-electron chi connectivity index (χ3n) is 4.97. The van der Waals surface area contributed by atoms with Crippen LogP contribution in [-0.2, 0) is 9.59 Å². The number of thioether (sulfide) groups is 1. The number of hydrogen-bond donors (Lipinski definition) is 1. The Labute approximate surface area is 192 Å². The van der Waals surface area contributed by atoms with Gasteiger partial charge in [-0.15, -0.1) is 0 Å². The Morgan fingerprint density at radius 3 is 2.22 bits per heavy atom. The molecule has 1 N–H and O–H groups in total. The van der Waals surface area contributed by atoms with Crippen molar-refractivity contribution in [2.24, 2.45) is 4.99 Å².